The molecule has 0 radical (unpaired) electrons. The van der Waals surface area contributed by atoms with E-state index >= 15 is 0 Å². The molecule has 1 heterocycles. The van der Waals surface area contributed by atoms with Crippen LogP contribution in [0.1, 0.15) is 36.0 Å². The van der Waals surface area contributed by atoms with Gasteiger partial charge in [-0.1, -0.05) is 6.07 Å². The molecular formula is C21H25N3O2. The Morgan fingerprint density at radius 2 is 1.54 bits per heavy atom. The summed E-state index contributed by atoms with van der Waals surface area (Å²) in [6.07, 6.45) is 2.61. The van der Waals surface area contributed by atoms with Crippen LogP contribution < -0.4 is 15.5 Å². The summed E-state index contributed by atoms with van der Waals surface area (Å²) in [5.41, 5.74) is 5.69. The van der Waals surface area contributed by atoms with Crippen molar-refractivity contribution in [3.05, 3.63) is 53.1 Å². The van der Waals surface area contributed by atoms with Crippen molar-refractivity contribution in [2.75, 3.05) is 22.1 Å². The fraction of sp³-hybridized carbons (Fsp3) is 0.333. The summed E-state index contributed by atoms with van der Waals surface area (Å²) in [5.74, 6) is 0.174. The van der Waals surface area contributed by atoms with Gasteiger partial charge in [0.2, 0.25) is 5.91 Å². The Morgan fingerprint density at radius 1 is 0.885 bits per heavy atom. The summed E-state index contributed by atoms with van der Waals surface area (Å²) in [5, 5.41) is 5.70. The van der Waals surface area contributed by atoms with Gasteiger partial charge in [-0.2, -0.15) is 0 Å². The van der Waals surface area contributed by atoms with E-state index in [-0.39, 0.29) is 11.9 Å². The number of hydrogen-bond donors (Lipinski definition) is 2. The molecule has 1 aliphatic rings. The van der Waals surface area contributed by atoms with Gasteiger partial charge < -0.3 is 15.5 Å². The summed E-state index contributed by atoms with van der Waals surface area (Å²) in [6, 6.07) is 11.2. The van der Waals surface area contributed by atoms with Crippen molar-refractivity contribution in [3.63, 3.8) is 0 Å². The van der Waals surface area contributed by atoms with Crippen LogP contribution in [0.5, 0.6) is 0 Å². The molecular weight excluding hydrogens is 326 g/mol. The van der Waals surface area contributed by atoms with Gasteiger partial charge in [-0.25, -0.2) is 4.79 Å². The zero-order chi connectivity index (χ0) is 18.7. The molecule has 136 valence electrons. The number of rotatable bonds is 3. The largest absolute Gasteiger partial charge is 0.323 e. The van der Waals surface area contributed by atoms with Crippen LogP contribution in [-0.2, 0) is 4.79 Å². The minimum absolute atomic E-state index is 0.174. The Labute approximate surface area is 154 Å². The summed E-state index contributed by atoms with van der Waals surface area (Å²) in [4.78, 5) is 26.2. The van der Waals surface area contributed by atoms with E-state index in [0.29, 0.717) is 12.1 Å². The van der Waals surface area contributed by atoms with Crippen molar-refractivity contribution < 1.29 is 9.59 Å². The maximum atomic E-state index is 12.2. The molecule has 0 aliphatic carbocycles. The second-order valence-electron chi connectivity index (χ2n) is 6.88. The number of hydrogen-bond acceptors (Lipinski definition) is 2. The van der Waals surface area contributed by atoms with E-state index in [0.717, 1.165) is 41.9 Å². The van der Waals surface area contributed by atoms with E-state index in [1.54, 1.807) is 0 Å². The van der Waals surface area contributed by atoms with Crippen LogP contribution in [0.2, 0.25) is 0 Å². The number of nitrogens with one attached hydrogen (secondary N) is 2. The third kappa shape index (κ3) is 4.04. The lowest BCUT2D eigenvalue weighted by Gasteiger charge is -2.28. The highest BCUT2D eigenvalue weighted by molar-refractivity contribution is 6.00. The van der Waals surface area contributed by atoms with Crippen LogP contribution in [0, 0.1) is 20.8 Å². The van der Waals surface area contributed by atoms with Gasteiger partial charge in [0.25, 0.3) is 0 Å². The third-order valence-corrected chi connectivity index (χ3v) is 4.83. The number of urea groups is 1. The SMILES string of the molecule is Cc1ccc(NC(=O)Nc2ccc(N3CCCCC3=O)c(C)c2)cc1C. The molecule has 3 amide bonds. The Bertz CT molecular complexity index is 845. The molecule has 2 aromatic rings. The number of amides is 3. The average molecular weight is 351 g/mol. The molecule has 2 N–H and O–H groups in total. The average Bonchev–Trinajstić information content (AvgIpc) is 2.59. The number of benzene rings is 2. The van der Waals surface area contributed by atoms with E-state index in [4.69, 9.17) is 0 Å². The first-order chi connectivity index (χ1) is 12.4. The van der Waals surface area contributed by atoms with E-state index < -0.39 is 0 Å². The molecule has 0 spiro atoms. The topological polar surface area (TPSA) is 61.4 Å². The predicted octanol–water partition coefficient (Wildman–Crippen LogP) is 4.77. The van der Waals surface area contributed by atoms with E-state index in [1.165, 1.54) is 5.56 Å². The van der Waals surface area contributed by atoms with Gasteiger partial charge in [-0.05, 0) is 80.6 Å². The highest BCUT2D eigenvalue weighted by atomic mass is 16.2. The van der Waals surface area contributed by atoms with Crippen molar-refractivity contribution in [3.8, 4) is 0 Å². The van der Waals surface area contributed by atoms with Crippen molar-refractivity contribution in [2.45, 2.75) is 40.0 Å². The molecule has 1 aliphatic heterocycles. The molecule has 1 fully saturated rings. The summed E-state index contributed by atoms with van der Waals surface area (Å²) in [6.45, 7) is 6.78. The maximum absolute atomic E-state index is 12.2. The van der Waals surface area contributed by atoms with E-state index in [9.17, 15) is 9.59 Å². The fourth-order valence-corrected chi connectivity index (χ4v) is 3.21. The highest BCUT2D eigenvalue weighted by Crippen LogP contribution is 2.27. The lowest BCUT2D eigenvalue weighted by atomic mass is 10.1. The zero-order valence-corrected chi connectivity index (χ0v) is 15.6. The Balaban J connectivity index is 1.68. The van der Waals surface area contributed by atoms with E-state index in [1.807, 2.05) is 62.1 Å². The molecule has 3 rings (SSSR count). The molecule has 0 atom stereocenters. The number of carbonyl (C=O) groups is 2. The van der Waals surface area contributed by atoms with Crippen LogP contribution in [0.25, 0.3) is 0 Å². The molecule has 1 saturated heterocycles. The van der Waals surface area contributed by atoms with Gasteiger partial charge in [0.05, 0.1) is 0 Å². The van der Waals surface area contributed by atoms with Crippen molar-refractivity contribution in [1.82, 2.24) is 0 Å². The van der Waals surface area contributed by atoms with Gasteiger partial charge >= 0.3 is 6.03 Å². The number of piperidine rings is 1. The van der Waals surface area contributed by atoms with Crippen LogP contribution >= 0.6 is 0 Å². The monoisotopic (exact) mass is 351 g/mol. The first-order valence-corrected chi connectivity index (χ1v) is 9.00. The lowest BCUT2D eigenvalue weighted by Crippen LogP contribution is -2.35. The van der Waals surface area contributed by atoms with E-state index in [2.05, 4.69) is 10.6 Å². The third-order valence-electron chi connectivity index (χ3n) is 4.83. The first-order valence-electron chi connectivity index (χ1n) is 9.00. The van der Waals surface area contributed by atoms with Crippen molar-refractivity contribution in [2.24, 2.45) is 0 Å². The van der Waals surface area contributed by atoms with Crippen LogP contribution in [0.3, 0.4) is 0 Å². The quantitative estimate of drug-likeness (QED) is 0.836. The summed E-state index contributed by atoms with van der Waals surface area (Å²) >= 11 is 0. The molecule has 0 aromatic heterocycles. The van der Waals surface area contributed by atoms with Crippen LogP contribution in [0.15, 0.2) is 36.4 Å². The van der Waals surface area contributed by atoms with Crippen molar-refractivity contribution in [1.29, 1.82) is 0 Å². The minimum atomic E-state index is -0.283. The fourth-order valence-electron chi connectivity index (χ4n) is 3.21. The van der Waals surface area contributed by atoms with Gasteiger partial charge in [0, 0.05) is 30.0 Å². The molecule has 5 nitrogen and oxygen atoms in total. The second-order valence-corrected chi connectivity index (χ2v) is 6.88. The minimum Gasteiger partial charge on any atom is -0.312 e. The molecule has 0 bridgehead atoms. The van der Waals surface area contributed by atoms with Gasteiger partial charge in [-0.3, -0.25) is 4.79 Å². The molecule has 26 heavy (non-hydrogen) atoms. The number of carbonyl (C=O) groups excluding carboxylic acids is 2. The van der Waals surface area contributed by atoms with Crippen LogP contribution in [0.4, 0.5) is 21.9 Å². The Kier molecular flexibility index (Phi) is 5.26. The number of anilines is 3. The van der Waals surface area contributed by atoms with Gasteiger partial charge in [0.15, 0.2) is 0 Å². The van der Waals surface area contributed by atoms with Crippen molar-refractivity contribution >= 4 is 29.0 Å². The number of nitrogens with zero attached hydrogens (tertiary/aromatic N) is 1. The molecule has 5 heteroatoms. The Morgan fingerprint density at radius 3 is 2.15 bits per heavy atom. The predicted molar refractivity (Wildman–Crippen MR) is 106 cm³/mol. The highest BCUT2D eigenvalue weighted by Gasteiger charge is 2.21. The first kappa shape index (κ1) is 18.0. The standard InChI is InChI=1S/C21H25N3O2/c1-14-7-8-17(12-15(14)2)22-21(26)23-18-9-10-19(16(3)13-18)24-11-5-4-6-20(24)25/h7-10,12-13H,4-6,11H2,1-3H3,(H2,22,23,26). The maximum Gasteiger partial charge on any atom is 0.323 e. The summed E-state index contributed by atoms with van der Waals surface area (Å²) in [7, 11) is 0. The van der Waals surface area contributed by atoms with Gasteiger partial charge in [0.1, 0.15) is 0 Å². The molecule has 2 aromatic carbocycles. The lowest BCUT2D eigenvalue weighted by molar-refractivity contribution is -0.119. The Hall–Kier alpha value is -2.82. The molecule has 0 unspecified atom stereocenters. The molecule has 0 saturated carbocycles. The smallest absolute Gasteiger partial charge is 0.312 e. The van der Waals surface area contributed by atoms with Crippen LogP contribution in [-0.4, -0.2) is 18.5 Å². The zero-order valence-electron chi connectivity index (χ0n) is 15.6. The van der Waals surface area contributed by atoms with Gasteiger partial charge in [-0.15, -0.1) is 0 Å². The normalized spacial score (nSPS) is 14.3. The second kappa shape index (κ2) is 7.60. The summed E-state index contributed by atoms with van der Waals surface area (Å²) < 4.78 is 0. The number of aryl methyl sites for hydroxylation is 3.